The average molecular weight is 215 g/mol. The fourth-order valence-corrected chi connectivity index (χ4v) is 2.88. The highest BCUT2D eigenvalue weighted by atomic mass is 16.6. The monoisotopic (exact) mass is 215 g/mol. The summed E-state index contributed by atoms with van der Waals surface area (Å²) < 4.78 is 11.5. The zero-order valence-electron chi connectivity index (χ0n) is 9.48. The smallest absolute Gasteiger partial charge is 0.0888 e. The molecule has 0 amide bonds. The van der Waals surface area contributed by atoms with E-state index in [9.17, 15) is 0 Å². The van der Waals surface area contributed by atoms with Crippen molar-refractivity contribution in [1.82, 2.24) is 0 Å². The van der Waals surface area contributed by atoms with Gasteiger partial charge in [0.1, 0.15) is 0 Å². The van der Waals surface area contributed by atoms with Crippen LogP contribution < -0.4 is 5.73 Å². The fraction of sp³-hybridized carbons (Fsp3) is 1.00. The number of aliphatic hydroxyl groups excluding tert-OH is 1. The zero-order valence-corrected chi connectivity index (χ0v) is 9.48. The summed E-state index contributed by atoms with van der Waals surface area (Å²) in [7, 11) is 0. The Balaban J connectivity index is 1.99. The van der Waals surface area contributed by atoms with Crippen LogP contribution in [0.1, 0.15) is 26.7 Å². The average Bonchev–Trinajstić information content (AvgIpc) is 2.60. The molecule has 88 valence electrons. The van der Waals surface area contributed by atoms with Gasteiger partial charge in [-0.15, -0.1) is 0 Å². The third-order valence-electron chi connectivity index (χ3n) is 3.45. The van der Waals surface area contributed by atoms with Crippen LogP contribution in [0, 0.1) is 5.92 Å². The molecule has 0 bridgehead atoms. The summed E-state index contributed by atoms with van der Waals surface area (Å²) >= 11 is 0. The van der Waals surface area contributed by atoms with Crippen LogP contribution in [-0.2, 0) is 9.47 Å². The van der Waals surface area contributed by atoms with Crippen LogP contribution in [0.25, 0.3) is 0 Å². The number of hydrogen-bond donors (Lipinski definition) is 2. The lowest BCUT2D eigenvalue weighted by Gasteiger charge is -2.23. The number of nitrogens with two attached hydrogens (primary N) is 1. The van der Waals surface area contributed by atoms with E-state index < -0.39 is 0 Å². The normalized spacial score (nSPS) is 43.2. The Bertz CT molecular complexity index is 232. The van der Waals surface area contributed by atoms with Crippen LogP contribution in [0.3, 0.4) is 0 Å². The van der Waals surface area contributed by atoms with Gasteiger partial charge in [-0.1, -0.05) is 0 Å². The zero-order chi connectivity index (χ0) is 11.1. The van der Waals surface area contributed by atoms with Crippen LogP contribution in [0.2, 0.25) is 0 Å². The van der Waals surface area contributed by atoms with E-state index in [2.05, 4.69) is 13.8 Å². The van der Waals surface area contributed by atoms with Gasteiger partial charge >= 0.3 is 0 Å². The first-order chi connectivity index (χ1) is 7.03. The molecule has 4 nitrogen and oxygen atoms in total. The minimum Gasteiger partial charge on any atom is -0.394 e. The molecule has 1 aliphatic carbocycles. The number of aliphatic hydroxyl groups is 1. The molecular formula is C11H21NO3. The molecule has 1 aliphatic heterocycles. The number of fused-ring (bicyclic) bond motifs is 1. The molecular weight excluding hydrogens is 194 g/mol. The van der Waals surface area contributed by atoms with Gasteiger partial charge in [0.25, 0.3) is 0 Å². The van der Waals surface area contributed by atoms with E-state index >= 15 is 0 Å². The lowest BCUT2D eigenvalue weighted by molar-refractivity contribution is -0.0935. The molecule has 2 fully saturated rings. The Morgan fingerprint density at radius 3 is 2.93 bits per heavy atom. The summed E-state index contributed by atoms with van der Waals surface area (Å²) in [5, 5.41) is 8.74. The van der Waals surface area contributed by atoms with Crippen molar-refractivity contribution < 1.29 is 14.6 Å². The van der Waals surface area contributed by atoms with E-state index in [0.29, 0.717) is 12.5 Å². The Morgan fingerprint density at radius 1 is 1.53 bits per heavy atom. The van der Waals surface area contributed by atoms with Crippen LogP contribution >= 0.6 is 0 Å². The molecule has 1 saturated heterocycles. The van der Waals surface area contributed by atoms with Crippen molar-refractivity contribution in [3.63, 3.8) is 0 Å². The first kappa shape index (κ1) is 11.3. The maximum absolute atomic E-state index is 8.74. The second-order valence-corrected chi connectivity index (χ2v) is 5.24. The van der Waals surface area contributed by atoms with Crippen LogP contribution in [0.5, 0.6) is 0 Å². The predicted octanol–water partition coefficient (Wildman–Crippen LogP) is 0.279. The van der Waals surface area contributed by atoms with Crippen LogP contribution in [-0.4, -0.2) is 42.2 Å². The van der Waals surface area contributed by atoms with Gasteiger partial charge in [-0.25, -0.2) is 0 Å². The van der Waals surface area contributed by atoms with E-state index in [1.807, 2.05) is 0 Å². The fourth-order valence-electron chi connectivity index (χ4n) is 2.88. The molecule has 3 N–H and O–H groups in total. The lowest BCUT2D eigenvalue weighted by Crippen LogP contribution is -2.30. The molecule has 0 aromatic heterocycles. The topological polar surface area (TPSA) is 64.7 Å². The maximum atomic E-state index is 8.74. The van der Waals surface area contributed by atoms with Crippen LogP contribution in [0.15, 0.2) is 0 Å². The first-order valence-corrected chi connectivity index (χ1v) is 5.69. The Labute approximate surface area is 90.7 Å². The third-order valence-corrected chi connectivity index (χ3v) is 3.45. The van der Waals surface area contributed by atoms with Gasteiger partial charge in [-0.3, -0.25) is 0 Å². The second-order valence-electron chi connectivity index (χ2n) is 5.24. The molecule has 2 aliphatic rings. The summed E-state index contributed by atoms with van der Waals surface area (Å²) in [6, 6.07) is 0.181. The van der Waals surface area contributed by atoms with Crippen molar-refractivity contribution in [2.75, 3.05) is 13.2 Å². The van der Waals surface area contributed by atoms with Gasteiger partial charge in [0.2, 0.25) is 0 Å². The van der Waals surface area contributed by atoms with Crippen molar-refractivity contribution >= 4 is 0 Å². The highest BCUT2D eigenvalue weighted by molar-refractivity contribution is 5.03. The van der Waals surface area contributed by atoms with Crippen LogP contribution in [0.4, 0.5) is 0 Å². The summed E-state index contributed by atoms with van der Waals surface area (Å²) in [6.07, 6.45) is 2.06. The van der Waals surface area contributed by atoms with Gasteiger partial charge in [0.15, 0.2) is 0 Å². The number of rotatable bonds is 3. The van der Waals surface area contributed by atoms with Crippen molar-refractivity contribution in [3.05, 3.63) is 0 Å². The van der Waals surface area contributed by atoms with E-state index in [1.165, 1.54) is 0 Å². The van der Waals surface area contributed by atoms with Gasteiger partial charge in [0, 0.05) is 12.0 Å². The first-order valence-electron chi connectivity index (χ1n) is 5.69. The summed E-state index contributed by atoms with van der Waals surface area (Å²) in [5.74, 6) is 0.420. The molecule has 0 spiro atoms. The molecule has 1 heterocycles. The third kappa shape index (κ3) is 2.18. The summed E-state index contributed by atoms with van der Waals surface area (Å²) in [5.41, 5.74) is 6.01. The van der Waals surface area contributed by atoms with Gasteiger partial charge in [-0.05, 0) is 26.7 Å². The van der Waals surface area contributed by atoms with E-state index in [-0.39, 0.29) is 30.5 Å². The van der Waals surface area contributed by atoms with E-state index in [4.69, 9.17) is 20.3 Å². The number of ether oxygens (including phenoxy) is 2. The lowest BCUT2D eigenvalue weighted by atomic mass is 9.93. The summed E-state index contributed by atoms with van der Waals surface area (Å²) in [6.45, 7) is 4.64. The molecule has 0 radical (unpaired) electrons. The molecule has 0 aromatic carbocycles. The molecule has 0 aromatic rings. The maximum Gasteiger partial charge on any atom is 0.0888 e. The van der Waals surface area contributed by atoms with Crippen molar-refractivity contribution in [2.24, 2.45) is 11.7 Å². The van der Waals surface area contributed by atoms with Gasteiger partial charge < -0.3 is 20.3 Å². The predicted molar refractivity (Wildman–Crippen MR) is 56.5 cm³/mol. The second kappa shape index (κ2) is 4.01. The minimum absolute atomic E-state index is 0.0620. The SMILES string of the molecule is CC1(C)CC2[C@H](N)C[C@H](OCCO)[C@H]2O1. The van der Waals surface area contributed by atoms with Gasteiger partial charge in [-0.2, -0.15) is 0 Å². The van der Waals surface area contributed by atoms with E-state index in [0.717, 1.165) is 12.8 Å². The largest absolute Gasteiger partial charge is 0.394 e. The Morgan fingerprint density at radius 2 is 2.27 bits per heavy atom. The number of hydrogen-bond acceptors (Lipinski definition) is 4. The molecule has 1 saturated carbocycles. The Hall–Kier alpha value is -0.160. The van der Waals surface area contributed by atoms with Gasteiger partial charge in [0.05, 0.1) is 31.0 Å². The summed E-state index contributed by atoms with van der Waals surface area (Å²) in [4.78, 5) is 0. The van der Waals surface area contributed by atoms with E-state index in [1.54, 1.807) is 0 Å². The van der Waals surface area contributed by atoms with Crippen molar-refractivity contribution in [1.29, 1.82) is 0 Å². The standard InChI is InChI=1S/C11H21NO3/c1-11(2)6-7-8(12)5-9(10(7)15-11)14-4-3-13/h7-10,13H,3-6,12H2,1-2H3/t7?,8-,9+,10+/m1/s1. The van der Waals surface area contributed by atoms with Crippen molar-refractivity contribution in [3.8, 4) is 0 Å². The minimum atomic E-state index is -0.0752. The Kier molecular flexibility index (Phi) is 3.03. The quantitative estimate of drug-likeness (QED) is 0.709. The molecule has 2 rings (SSSR count). The molecule has 4 heteroatoms. The highest BCUT2D eigenvalue weighted by Crippen LogP contribution is 2.44. The molecule has 15 heavy (non-hydrogen) atoms. The molecule has 1 unspecified atom stereocenters. The highest BCUT2D eigenvalue weighted by Gasteiger charge is 2.51. The molecule has 4 atom stereocenters. The van der Waals surface area contributed by atoms with Crippen molar-refractivity contribution in [2.45, 2.75) is 50.5 Å².